The zero-order valence-electron chi connectivity index (χ0n) is 14.7. The van der Waals surface area contributed by atoms with Crippen LogP contribution in [0, 0.1) is 0 Å². The predicted molar refractivity (Wildman–Crippen MR) is 87.6 cm³/mol. The number of esters is 1. The number of rotatable bonds is 6. The second-order valence-corrected chi connectivity index (χ2v) is 6.32. The first kappa shape index (κ1) is 19.8. The lowest BCUT2D eigenvalue weighted by molar-refractivity contribution is -0.150. The quantitative estimate of drug-likeness (QED) is 0.770. The van der Waals surface area contributed by atoms with E-state index in [2.05, 4.69) is 5.32 Å². The van der Waals surface area contributed by atoms with Gasteiger partial charge in [-0.1, -0.05) is 12.1 Å². The summed E-state index contributed by atoms with van der Waals surface area (Å²) in [6.45, 7) is 6.50. The molecule has 0 aliphatic heterocycles. The van der Waals surface area contributed by atoms with Crippen LogP contribution >= 0.6 is 0 Å². The van der Waals surface area contributed by atoms with Gasteiger partial charge in [0.25, 0.3) is 0 Å². The second kappa shape index (κ2) is 8.54. The largest absolute Gasteiger partial charge is 0.497 e. The van der Waals surface area contributed by atoms with Crippen molar-refractivity contribution in [1.29, 1.82) is 0 Å². The van der Waals surface area contributed by atoms with Crippen molar-refractivity contribution in [2.45, 2.75) is 52.0 Å². The lowest BCUT2D eigenvalue weighted by Crippen LogP contribution is -2.49. The third-order valence-electron chi connectivity index (χ3n) is 2.95. The first-order valence-electron chi connectivity index (χ1n) is 7.59. The minimum Gasteiger partial charge on any atom is -0.497 e. The van der Waals surface area contributed by atoms with Crippen LogP contribution in [0.5, 0.6) is 5.75 Å². The Balaban J connectivity index is 2.61. The summed E-state index contributed by atoms with van der Waals surface area (Å²) in [7, 11) is 1.56. The van der Waals surface area contributed by atoms with Gasteiger partial charge in [-0.3, -0.25) is 0 Å². The van der Waals surface area contributed by atoms with E-state index in [0.29, 0.717) is 5.75 Å². The van der Waals surface area contributed by atoms with E-state index in [1.54, 1.807) is 52.1 Å². The van der Waals surface area contributed by atoms with Gasteiger partial charge < -0.3 is 24.6 Å². The summed E-state index contributed by atoms with van der Waals surface area (Å²) < 4.78 is 15.3. The van der Waals surface area contributed by atoms with E-state index >= 15 is 0 Å². The molecule has 0 bridgehead atoms. The van der Waals surface area contributed by atoms with Crippen molar-refractivity contribution in [3.63, 3.8) is 0 Å². The first-order valence-corrected chi connectivity index (χ1v) is 7.59. The second-order valence-electron chi connectivity index (χ2n) is 6.32. The Labute approximate surface area is 141 Å². The third kappa shape index (κ3) is 6.87. The topological polar surface area (TPSA) is 94.1 Å². The number of ether oxygens (including phenoxy) is 3. The number of methoxy groups -OCH3 is 1. The van der Waals surface area contributed by atoms with Crippen LogP contribution in [0.25, 0.3) is 0 Å². The Kier molecular flexibility index (Phi) is 7.03. The van der Waals surface area contributed by atoms with Crippen molar-refractivity contribution in [3.05, 3.63) is 29.8 Å². The molecule has 24 heavy (non-hydrogen) atoms. The first-order chi connectivity index (χ1) is 11.1. The molecule has 0 heterocycles. The van der Waals surface area contributed by atoms with Crippen LogP contribution in [0.15, 0.2) is 24.3 Å². The maximum atomic E-state index is 12.1. The number of hydrogen-bond acceptors (Lipinski definition) is 6. The van der Waals surface area contributed by atoms with E-state index in [0.717, 1.165) is 5.56 Å². The lowest BCUT2D eigenvalue weighted by atomic mass is 10.2. The fourth-order valence-electron chi connectivity index (χ4n) is 1.78. The predicted octanol–water partition coefficient (Wildman–Crippen LogP) is 2.01. The van der Waals surface area contributed by atoms with E-state index in [9.17, 15) is 14.7 Å². The molecule has 1 aromatic rings. The van der Waals surface area contributed by atoms with Gasteiger partial charge in [-0.15, -0.1) is 0 Å². The third-order valence-corrected chi connectivity index (χ3v) is 2.95. The van der Waals surface area contributed by atoms with E-state index in [1.807, 2.05) is 0 Å². The summed E-state index contributed by atoms with van der Waals surface area (Å²) >= 11 is 0. The summed E-state index contributed by atoms with van der Waals surface area (Å²) in [6, 6.07) is 5.79. The molecule has 0 aromatic heterocycles. The van der Waals surface area contributed by atoms with E-state index in [1.165, 1.54) is 6.92 Å². The van der Waals surface area contributed by atoms with Gasteiger partial charge in [0.1, 0.15) is 18.0 Å². The van der Waals surface area contributed by atoms with Gasteiger partial charge in [-0.05, 0) is 45.4 Å². The van der Waals surface area contributed by atoms with Crippen LogP contribution in [-0.2, 0) is 20.9 Å². The maximum Gasteiger partial charge on any atom is 0.408 e. The molecule has 0 aliphatic carbocycles. The SMILES string of the molecule is COc1ccc(COC(=O)[C@@H](NC(=O)OC(C)(C)C)[C@H](C)O)cc1. The van der Waals surface area contributed by atoms with Crippen molar-refractivity contribution in [2.24, 2.45) is 0 Å². The number of aliphatic hydroxyl groups is 1. The highest BCUT2D eigenvalue weighted by molar-refractivity contribution is 5.82. The van der Waals surface area contributed by atoms with Crippen molar-refractivity contribution < 1.29 is 28.9 Å². The van der Waals surface area contributed by atoms with Crippen molar-refractivity contribution in [2.75, 3.05) is 7.11 Å². The van der Waals surface area contributed by atoms with Crippen LogP contribution in [0.1, 0.15) is 33.3 Å². The smallest absolute Gasteiger partial charge is 0.408 e. The number of hydrogen-bond donors (Lipinski definition) is 2. The molecule has 0 unspecified atom stereocenters. The fourth-order valence-corrected chi connectivity index (χ4v) is 1.78. The number of carbonyl (C=O) groups excluding carboxylic acids is 2. The zero-order chi connectivity index (χ0) is 18.3. The molecule has 1 rings (SSSR count). The summed E-state index contributed by atoms with van der Waals surface area (Å²) in [5, 5.41) is 12.0. The lowest BCUT2D eigenvalue weighted by Gasteiger charge is -2.24. The number of alkyl carbamates (subject to hydrolysis) is 1. The van der Waals surface area contributed by atoms with Crippen molar-refractivity contribution in [3.8, 4) is 5.75 Å². The zero-order valence-corrected chi connectivity index (χ0v) is 14.7. The molecule has 1 aromatic carbocycles. The Hall–Kier alpha value is -2.28. The van der Waals surface area contributed by atoms with E-state index < -0.39 is 29.8 Å². The average molecular weight is 339 g/mol. The number of benzene rings is 1. The molecular weight excluding hydrogens is 314 g/mol. The molecule has 0 fully saturated rings. The highest BCUT2D eigenvalue weighted by Crippen LogP contribution is 2.13. The van der Waals surface area contributed by atoms with Crippen LogP contribution in [0.4, 0.5) is 4.79 Å². The number of carbonyl (C=O) groups is 2. The molecule has 1 amide bonds. The summed E-state index contributed by atoms with van der Waals surface area (Å²) in [4.78, 5) is 23.9. The van der Waals surface area contributed by atoms with Gasteiger partial charge in [0, 0.05) is 0 Å². The van der Waals surface area contributed by atoms with E-state index in [-0.39, 0.29) is 6.61 Å². The summed E-state index contributed by atoms with van der Waals surface area (Å²) in [6.07, 6.45) is -1.92. The van der Waals surface area contributed by atoms with Crippen molar-refractivity contribution >= 4 is 12.1 Å². The molecule has 0 saturated carbocycles. The molecule has 0 aliphatic rings. The monoisotopic (exact) mass is 339 g/mol. The fraction of sp³-hybridized carbons (Fsp3) is 0.529. The average Bonchev–Trinajstić information content (AvgIpc) is 2.48. The van der Waals surface area contributed by atoms with E-state index in [4.69, 9.17) is 14.2 Å². The minimum atomic E-state index is -1.21. The van der Waals surface area contributed by atoms with Crippen LogP contribution in [0.2, 0.25) is 0 Å². The Morgan fingerprint density at radius 3 is 2.25 bits per heavy atom. The molecule has 0 saturated heterocycles. The Bertz CT molecular complexity index is 547. The minimum absolute atomic E-state index is 0.0159. The van der Waals surface area contributed by atoms with Gasteiger partial charge >= 0.3 is 12.1 Å². The number of aliphatic hydroxyl groups excluding tert-OH is 1. The number of amides is 1. The summed E-state index contributed by atoms with van der Waals surface area (Å²) in [5.74, 6) is -0.0507. The normalized spacial score (nSPS) is 13.6. The molecule has 7 heteroatoms. The molecule has 0 spiro atoms. The Morgan fingerprint density at radius 1 is 1.21 bits per heavy atom. The number of nitrogens with one attached hydrogen (secondary N) is 1. The van der Waals surface area contributed by atoms with Crippen LogP contribution in [0.3, 0.4) is 0 Å². The maximum absolute atomic E-state index is 12.1. The van der Waals surface area contributed by atoms with Crippen molar-refractivity contribution in [1.82, 2.24) is 5.32 Å². The van der Waals surface area contributed by atoms with Gasteiger partial charge in [-0.25, -0.2) is 9.59 Å². The molecule has 2 atom stereocenters. The van der Waals surface area contributed by atoms with Crippen LogP contribution < -0.4 is 10.1 Å². The molecule has 7 nitrogen and oxygen atoms in total. The standard InChI is InChI=1S/C17H25NO6/c1-11(19)14(18-16(21)24-17(2,3)4)15(20)23-10-12-6-8-13(22-5)9-7-12/h6-9,11,14,19H,10H2,1-5H3,(H,18,21)/t11-,14-/m0/s1. The molecular formula is C17H25NO6. The summed E-state index contributed by atoms with van der Waals surface area (Å²) in [5.41, 5.74) is 0.0473. The van der Waals surface area contributed by atoms with Crippen LogP contribution in [-0.4, -0.2) is 42.0 Å². The van der Waals surface area contributed by atoms with Gasteiger partial charge in [-0.2, -0.15) is 0 Å². The highest BCUT2D eigenvalue weighted by atomic mass is 16.6. The molecule has 0 radical (unpaired) electrons. The van der Waals surface area contributed by atoms with Gasteiger partial charge in [0.2, 0.25) is 0 Å². The van der Waals surface area contributed by atoms with Gasteiger partial charge in [0.05, 0.1) is 13.2 Å². The highest BCUT2D eigenvalue weighted by Gasteiger charge is 2.29. The molecule has 134 valence electrons. The Morgan fingerprint density at radius 2 is 1.79 bits per heavy atom. The van der Waals surface area contributed by atoms with Gasteiger partial charge in [0.15, 0.2) is 6.04 Å². The molecule has 2 N–H and O–H groups in total.